The van der Waals surface area contributed by atoms with Crippen LogP contribution in [0.5, 0.6) is 0 Å². The van der Waals surface area contributed by atoms with Crippen molar-refractivity contribution in [3.05, 3.63) is 42.6 Å². The van der Waals surface area contributed by atoms with Gasteiger partial charge >= 0.3 is 0 Å². The first-order valence-corrected chi connectivity index (χ1v) is 6.06. The Balaban J connectivity index is 2.30. The standard InChI is InChI=1S/C14H19N3/c1-4-11(3)15-10-13-12-8-6-7-9-14(12)17(5-2)16-13/h4,6-9,11,15H,1,5,10H2,2-3H3. The van der Waals surface area contributed by atoms with E-state index in [1.807, 2.05) is 10.8 Å². The van der Waals surface area contributed by atoms with Gasteiger partial charge in [0.2, 0.25) is 0 Å². The molecule has 0 saturated carbocycles. The molecule has 3 heteroatoms. The molecule has 0 bridgehead atoms. The quantitative estimate of drug-likeness (QED) is 0.799. The molecule has 1 heterocycles. The van der Waals surface area contributed by atoms with Crippen LogP contribution in [-0.4, -0.2) is 15.8 Å². The molecule has 2 rings (SSSR count). The highest BCUT2D eigenvalue weighted by Crippen LogP contribution is 2.18. The third-order valence-electron chi connectivity index (χ3n) is 2.98. The Kier molecular flexibility index (Phi) is 3.59. The van der Waals surface area contributed by atoms with Crippen LogP contribution in [0.25, 0.3) is 10.9 Å². The molecule has 0 amide bonds. The monoisotopic (exact) mass is 229 g/mol. The number of aryl methyl sites for hydroxylation is 1. The summed E-state index contributed by atoms with van der Waals surface area (Å²) in [7, 11) is 0. The van der Waals surface area contributed by atoms with E-state index in [1.165, 1.54) is 10.9 Å². The van der Waals surface area contributed by atoms with E-state index in [9.17, 15) is 0 Å². The van der Waals surface area contributed by atoms with Crippen molar-refractivity contribution in [1.29, 1.82) is 0 Å². The van der Waals surface area contributed by atoms with Crippen LogP contribution in [0.15, 0.2) is 36.9 Å². The van der Waals surface area contributed by atoms with Gasteiger partial charge in [0.15, 0.2) is 0 Å². The van der Waals surface area contributed by atoms with Crippen molar-refractivity contribution >= 4 is 10.9 Å². The number of hydrogen-bond donors (Lipinski definition) is 1. The van der Waals surface area contributed by atoms with E-state index in [2.05, 4.69) is 55.1 Å². The highest BCUT2D eigenvalue weighted by atomic mass is 15.3. The maximum Gasteiger partial charge on any atom is 0.0841 e. The molecule has 17 heavy (non-hydrogen) atoms. The average molecular weight is 229 g/mol. The minimum Gasteiger partial charge on any atom is -0.305 e. The first kappa shape index (κ1) is 11.9. The molecule has 0 spiro atoms. The zero-order valence-electron chi connectivity index (χ0n) is 10.5. The second-order valence-electron chi connectivity index (χ2n) is 4.18. The van der Waals surface area contributed by atoms with Crippen molar-refractivity contribution in [2.24, 2.45) is 0 Å². The van der Waals surface area contributed by atoms with Crippen molar-refractivity contribution in [2.75, 3.05) is 0 Å². The summed E-state index contributed by atoms with van der Waals surface area (Å²) in [6.45, 7) is 9.65. The highest BCUT2D eigenvalue weighted by molar-refractivity contribution is 5.81. The molecule has 1 aromatic carbocycles. The second-order valence-corrected chi connectivity index (χ2v) is 4.18. The summed E-state index contributed by atoms with van der Waals surface area (Å²) in [4.78, 5) is 0. The Morgan fingerprint density at radius 2 is 2.24 bits per heavy atom. The smallest absolute Gasteiger partial charge is 0.0841 e. The van der Waals surface area contributed by atoms with Gasteiger partial charge < -0.3 is 5.32 Å². The number of nitrogens with one attached hydrogen (secondary N) is 1. The molecule has 0 aliphatic rings. The lowest BCUT2D eigenvalue weighted by atomic mass is 10.2. The lowest BCUT2D eigenvalue weighted by Gasteiger charge is -2.06. The number of rotatable bonds is 5. The zero-order valence-corrected chi connectivity index (χ0v) is 10.5. The molecule has 90 valence electrons. The maximum absolute atomic E-state index is 4.63. The number of aromatic nitrogens is 2. The topological polar surface area (TPSA) is 29.9 Å². The summed E-state index contributed by atoms with van der Waals surface area (Å²) in [6.07, 6.45) is 1.90. The van der Waals surface area contributed by atoms with Gasteiger partial charge in [-0.3, -0.25) is 4.68 Å². The Morgan fingerprint density at radius 1 is 1.47 bits per heavy atom. The van der Waals surface area contributed by atoms with Gasteiger partial charge in [-0.1, -0.05) is 24.3 Å². The number of para-hydroxylation sites is 1. The molecule has 0 fully saturated rings. The number of benzene rings is 1. The Morgan fingerprint density at radius 3 is 2.94 bits per heavy atom. The minimum atomic E-state index is 0.306. The van der Waals surface area contributed by atoms with Crippen LogP contribution in [0, 0.1) is 0 Å². The summed E-state index contributed by atoms with van der Waals surface area (Å²) in [5.74, 6) is 0. The Hall–Kier alpha value is -1.61. The van der Waals surface area contributed by atoms with Gasteiger partial charge in [0.05, 0.1) is 11.2 Å². The molecule has 1 aromatic heterocycles. The van der Waals surface area contributed by atoms with E-state index in [4.69, 9.17) is 0 Å². The van der Waals surface area contributed by atoms with Crippen LogP contribution in [0.4, 0.5) is 0 Å². The Labute approximate surface area is 102 Å². The number of nitrogens with zero attached hydrogens (tertiary/aromatic N) is 2. The first-order valence-electron chi connectivity index (χ1n) is 6.06. The SMILES string of the molecule is C=CC(C)NCc1nn(CC)c2ccccc12. The highest BCUT2D eigenvalue weighted by Gasteiger charge is 2.08. The van der Waals surface area contributed by atoms with Gasteiger partial charge in [-0.25, -0.2) is 0 Å². The molecule has 0 radical (unpaired) electrons. The molecule has 1 unspecified atom stereocenters. The summed E-state index contributed by atoms with van der Waals surface area (Å²) in [5, 5.41) is 9.25. The minimum absolute atomic E-state index is 0.306. The Bertz CT molecular complexity index is 513. The molecule has 2 aromatic rings. The largest absolute Gasteiger partial charge is 0.305 e. The molecule has 3 nitrogen and oxygen atoms in total. The lowest BCUT2D eigenvalue weighted by Crippen LogP contribution is -2.23. The normalized spacial score (nSPS) is 12.8. The van der Waals surface area contributed by atoms with Gasteiger partial charge in [0, 0.05) is 24.5 Å². The second kappa shape index (κ2) is 5.15. The van der Waals surface area contributed by atoms with Gasteiger partial charge in [-0.05, 0) is 19.9 Å². The molecular weight excluding hydrogens is 210 g/mol. The van der Waals surface area contributed by atoms with E-state index in [1.54, 1.807) is 0 Å². The van der Waals surface area contributed by atoms with E-state index in [0.29, 0.717) is 6.04 Å². The lowest BCUT2D eigenvalue weighted by molar-refractivity contribution is 0.603. The van der Waals surface area contributed by atoms with Gasteiger partial charge in [-0.2, -0.15) is 5.10 Å². The van der Waals surface area contributed by atoms with Gasteiger partial charge in [0.25, 0.3) is 0 Å². The van der Waals surface area contributed by atoms with E-state index < -0.39 is 0 Å². The van der Waals surface area contributed by atoms with E-state index in [-0.39, 0.29) is 0 Å². The van der Waals surface area contributed by atoms with Gasteiger partial charge in [0.1, 0.15) is 0 Å². The van der Waals surface area contributed by atoms with Crippen LogP contribution >= 0.6 is 0 Å². The molecule has 1 atom stereocenters. The fourth-order valence-electron chi connectivity index (χ4n) is 1.91. The van der Waals surface area contributed by atoms with E-state index >= 15 is 0 Å². The molecule has 0 saturated heterocycles. The van der Waals surface area contributed by atoms with Crippen molar-refractivity contribution in [3.63, 3.8) is 0 Å². The van der Waals surface area contributed by atoms with Crippen molar-refractivity contribution < 1.29 is 0 Å². The third-order valence-corrected chi connectivity index (χ3v) is 2.98. The molecular formula is C14H19N3. The van der Waals surface area contributed by atoms with Crippen LogP contribution in [0.2, 0.25) is 0 Å². The third kappa shape index (κ3) is 2.39. The summed E-state index contributed by atoms with van der Waals surface area (Å²) < 4.78 is 2.05. The molecule has 0 aliphatic carbocycles. The van der Waals surface area contributed by atoms with E-state index in [0.717, 1.165) is 18.8 Å². The van der Waals surface area contributed by atoms with Crippen LogP contribution in [-0.2, 0) is 13.1 Å². The number of fused-ring (bicyclic) bond motifs is 1. The van der Waals surface area contributed by atoms with Crippen LogP contribution in [0.3, 0.4) is 0 Å². The van der Waals surface area contributed by atoms with Gasteiger partial charge in [-0.15, -0.1) is 6.58 Å². The average Bonchev–Trinajstić information content (AvgIpc) is 2.74. The van der Waals surface area contributed by atoms with Crippen LogP contribution in [0.1, 0.15) is 19.5 Å². The summed E-state index contributed by atoms with van der Waals surface area (Å²) in [6, 6.07) is 8.67. The molecule has 0 aliphatic heterocycles. The number of hydrogen-bond acceptors (Lipinski definition) is 2. The summed E-state index contributed by atoms with van der Waals surface area (Å²) >= 11 is 0. The maximum atomic E-state index is 4.63. The summed E-state index contributed by atoms with van der Waals surface area (Å²) in [5.41, 5.74) is 2.31. The fraction of sp³-hybridized carbons (Fsp3) is 0.357. The zero-order chi connectivity index (χ0) is 12.3. The van der Waals surface area contributed by atoms with Crippen molar-refractivity contribution in [2.45, 2.75) is 33.0 Å². The molecule has 1 N–H and O–H groups in total. The van der Waals surface area contributed by atoms with Crippen molar-refractivity contribution in [1.82, 2.24) is 15.1 Å². The predicted octanol–water partition coefficient (Wildman–Crippen LogP) is 2.72. The first-order chi connectivity index (χ1) is 8.26. The fourth-order valence-corrected chi connectivity index (χ4v) is 1.91. The van der Waals surface area contributed by atoms with Crippen molar-refractivity contribution in [3.8, 4) is 0 Å². The van der Waals surface area contributed by atoms with Crippen LogP contribution < -0.4 is 5.32 Å². The predicted molar refractivity (Wildman–Crippen MR) is 71.9 cm³/mol.